The second-order valence-corrected chi connectivity index (χ2v) is 9.70. The van der Waals surface area contributed by atoms with Crippen molar-refractivity contribution in [2.45, 2.75) is 66.1 Å². The molecular weight excluding hydrogens is 405 g/mol. The third-order valence-corrected chi connectivity index (χ3v) is 4.86. The number of nitrogens with one attached hydrogen (secondary N) is 2. The summed E-state index contributed by atoms with van der Waals surface area (Å²) in [5.41, 5.74) is -1.50. The number of phosphoric acid groups is 1. The maximum Gasteiger partial charge on any atom is 0.472 e. The highest BCUT2D eigenvalue weighted by atomic mass is 31.2. The van der Waals surface area contributed by atoms with Crippen LogP contribution in [0.3, 0.4) is 0 Å². The third-order valence-electron chi connectivity index (χ3n) is 3.63. The van der Waals surface area contributed by atoms with E-state index < -0.39 is 37.5 Å². The van der Waals surface area contributed by atoms with Gasteiger partial charge in [-0.1, -0.05) is 13.8 Å². The summed E-state index contributed by atoms with van der Waals surface area (Å²) in [6.07, 6.45) is -1.06. The molecule has 0 fully saturated rings. The quantitative estimate of drug-likeness (QED) is 0.147. The minimum absolute atomic E-state index is 0.00973. The highest BCUT2D eigenvalue weighted by Gasteiger charge is 2.38. The SMILES string of the molecule is C/C(CCNC(=O)CCNC(=O)[C@H](O)C(C)(C)COP(=O)(O)OC(C)(C)C)=N\[OH2+]. The molecule has 11 nitrogen and oxygen atoms in total. The van der Waals surface area contributed by atoms with Gasteiger partial charge < -0.3 is 25.8 Å². The van der Waals surface area contributed by atoms with Crippen molar-refractivity contribution in [2.75, 3.05) is 19.7 Å². The first-order valence-electron chi connectivity index (χ1n) is 9.20. The Kier molecular flexibility index (Phi) is 11.0. The van der Waals surface area contributed by atoms with Crippen LogP contribution < -0.4 is 10.6 Å². The van der Waals surface area contributed by atoms with Gasteiger partial charge in [-0.3, -0.25) is 18.6 Å². The molecule has 0 aliphatic rings. The highest BCUT2D eigenvalue weighted by molar-refractivity contribution is 7.47. The van der Waals surface area contributed by atoms with E-state index >= 15 is 0 Å². The number of amides is 2. The van der Waals surface area contributed by atoms with E-state index in [1.54, 1.807) is 27.7 Å². The Labute approximate surface area is 171 Å². The predicted molar refractivity (Wildman–Crippen MR) is 108 cm³/mol. The van der Waals surface area contributed by atoms with Crippen LogP contribution >= 0.6 is 7.82 Å². The van der Waals surface area contributed by atoms with E-state index in [1.165, 1.54) is 13.8 Å². The molecule has 0 saturated heterocycles. The average Bonchev–Trinajstić information content (AvgIpc) is 2.57. The lowest BCUT2D eigenvalue weighted by atomic mass is 9.87. The van der Waals surface area contributed by atoms with Gasteiger partial charge in [-0.05, 0) is 27.7 Å². The van der Waals surface area contributed by atoms with Gasteiger partial charge in [-0.15, -0.1) is 0 Å². The molecule has 1 unspecified atom stereocenters. The van der Waals surface area contributed by atoms with Crippen LogP contribution in [0.2, 0.25) is 0 Å². The van der Waals surface area contributed by atoms with E-state index in [1.807, 2.05) is 0 Å². The number of carbonyl (C=O) groups excluding carboxylic acids is 2. The first-order chi connectivity index (χ1) is 13.1. The first kappa shape index (κ1) is 27.5. The van der Waals surface area contributed by atoms with Crippen LogP contribution in [0.15, 0.2) is 5.16 Å². The molecule has 2 amide bonds. The Morgan fingerprint density at radius 2 is 1.69 bits per heavy atom. The number of hydrogen-bond donors (Lipinski definition) is 4. The number of rotatable bonds is 12. The molecule has 0 spiro atoms. The largest absolute Gasteiger partial charge is 0.472 e. The van der Waals surface area contributed by atoms with E-state index in [2.05, 4.69) is 15.8 Å². The summed E-state index contributed by atoms with van der Waals surface area (Å²) >= 11 is 0. The molecule has 0 rings (SSSR count). The van der Waals surface area contributed by atoms with Crippen molar-refractivity contribution in [2.24, 2.45) is 10.6 Å². The predicted octanol–water partition coefficient (Wildman–Crippen LogP) is 0.419. The van der Waals surface area contributed by atoms with Gasteiger partial charge in [0.15, 0.2) is 0 Å². The van der Waals surface area contributed by atoms with Crippen LogP contribution in [0.5, 0.6) is 0 Å². The molecule has 170 valence electrons. The molecule has 29 heavy (non-hydrogen) atoms. The number of aliphatic hydroxyl groups excluding tert-OH is 1. The van der Waals surface area contributed by atoms with Crippen molar-refractivity contribution in [1.29, 1.82) is 0 Å². The number of phosphoric ester groups is 1. The van der Waals surface area contributed by atoms with Gasteiger partial charge in [0.25, 0.3) is 0 Å². The van der Waals surface area contributed by atoms with Gasteiger partial charge in [0.05, 0.1) is 12.2 Å². The molecule has 0 heterocycles. The number of carbonyl (C=O) groups is 2. The molecule has 0 aliphatic heterocycles. The van der Waals surface area contributed by atoms with Gasteiger partial charge in [-0.25, -0.2) is 4.57 Å². The number of hydrogen-bond acceptors (Lipinski definition) is 7. The zero-order chi connectivity index (χ0) is 22.9. The Morgan fingerprint density at radius 1 is 1.14 bits per heavy atom. The van der Waals surface area contributed by atoms with E-state index in [9.17, 15) is 24.2 Å². The van der Waals surface area contributed by atoms with Crippen LogP contribution in [0, 0.1) is 5.41 Å². The molecule has 12 heteroatoms. The maximum absolute atomic E-state index is 12.1. The monoisotopic (exact) mass is 440 g/mol. The molecule has 6 N–H and O–H groups in total. The fourth-order valence-electron chi connectivity index (χ4n) is 1.98. The van der Waals surface area contributed by atoms with Crippen LogP contribution in [0.1, 0.15) is 54.4 Å². The van der Waals surface area contributed by atoms with E-state index in [4.69, 9.17) is 14.3 Å². The fraction of sp³-hybridized carbons (Fsp3) is 0.824. The summed E-state index contributed by atoms with van der Waals surface area (Å²) in [7, 11) is -4.35. The van der Waals surface area contributed by atoms with Gasteiger partial charge in [-0.2, -0.15) is 0 Å². The van der Waals surface area contributed by atoms with Crippen LogP contribution in [0.25, 0.3) is 0 Å². The zero-order valence-electron chi connectivity index (χ0n) is 17.9. The molecule has 0 aromatic heterocycles. The fourth-order valence-corrected chi connectivity index (χ4v) is 3.22. The molecule has 0 aliphatic carbocycles. The van der Waals surface area contributed by atoms with Gasteiger partial charge in [0.1, 0.15) is 11.8 Å². The van der Waals surface area contributed by atoms with E-state index in [-0.39, 0.29) is 18.9 Å². The van der Waals surface area contributed by atoms with E-state index in [0.717, 1.165) is 0 Å². The topological polar surface area (TPSA) is 169 Å². The second-order valence-electron chi connectivity index (χ2n) is 8.32. The minimum Gasteiger partial charge on any atom is -0.469 e. The van der Waals surface area contributed by atoms with E-state index in [0.29, 0.717) is 18.7 Å². The number of aliphatic hydroxyl groups is 1. The Bertz CT molecular complexity index is 631. The summed E-state index contributed by atoms with van der Waals surface area (Å²) in [6.45, 7) is 9.39. The van der Waals surface area contributed by atoms with Gasteiger partial charge >= 0.3 is 7.82 Å². The summed E-state index contributed by atoms with van der Waals surface area (Å²) in [4.78, 5) is 33.5. The lowest BCUT2D eigenvalue weighted by molar-refractivity contribution is -0.137. The summed E-state index contributed by atoms with van der Waals surface area (Å²) in [6, 6.07) is 0. The maximum atomic E-state index is 12.1. The van der Waals surface area contributed by atoms with Crippen LogP contribution in [-0.2, 0) is 23.2 Å². The molecule has 0 bridgehead atoms. The lowest BCUT2D eigenvalue weighted by Gasteiger charge is -2.31. The van der Waals surface area contributed by atoms with Crippen LogP contribution in [-0.4, -0.2) is 64.1 Å². The van der Waals surface area contributed by atoms with Crippen LogP contribution in [0.4, 0.5) is 0 Å². The van der Waals surface area contributed by atoms with Crippen molar-refractivity contribution < 1.29 is 38.4 Å². The van der Waals surface area contributed by atoms with Gasteiger partial charge in [0, 0.05) is 36.5 Å². The van der Waals surface area contributed by atoms with Crippen molar-refractivity contribution >= 4 is 25.3 Å². The Morgan fingerprint density at radius 3 is 2.21 bits per heavy atom. The Balaban J connectivity index is 4.41. The molecule has 0 saturated carbocycles. The molecule has 0 radical (unpaired) electrons. The zero-order valence-corrected chi connectivity index (χ0v) is 18.8. The summed E-state index contributed by atoms with van der Waals surface area (Å²) in [5.74, 6) is -1.02. The standard InChI is InChI=1S/C17H34N3O8P/c1-12(20-24)7-9-18-13(21)8-10-19-15(23)14(22)17(5,6)11-27-29(25,26)28-16(2,3)4/h14,22,24H,7-11H2,1-6H3,(H,18,21)(H,19,23)(H,25,26)/p+1/b20-12+/t14-/m0/s1. The van der Waals surface area contributed by atoms with Crippen molar-refractivity contribution in [3.8, 4) is 0 Å². The Hall–Kier alpha value is -1.52. The van der Waals surface area contributed by atoms with Crippen molar-refractivity contribution in [3.05, 3.63) is 0 Å². The summed E-state index contributed by atoms with van der Waals surface area (Å²) < 4.78 is 21.8. The number of nitrogens with zero attached hydrogens (tertiary/aromatic N) is 1. The van der Waals surface area contributed by atoms with Crippen molar-refractivity contribution in [3.63, 3.8) is 0 Å². The minimum atomic E-state index is -4.35. The lowest BCUT2D eigenvalue weighted by Crippen LogP contribution is -2.46. The first-order valence-corrected chi connectivity index (χ1v) is 10.7. The second kappa shape index (κ2) is 11.6. The average molecular weight is 440 g/mol. The van der Waals surface area contributed by atoms with Gasteiger partial charge in [0.2, 0.25) is 11.8 Å². The molecule has 0 aromatic carbocycles. The molecule has 0 aromatic rings. The molecule has 2 atom stereocenters. The normalized spacial score (nSPS) is 16.1. The summed E-state index contributed by atoms with van der Waals surface area (Å²) in [5, 5.41) is 25.3. The van der Waals surface area contributed by atoms with Crippen molar-refractivity contribution in [1.82, 2.24) is 10.6 Å². The molecular formula is C17H35N3O8P+. The third kappa shape index (κ3) is 12.6. The highest BCUT2D eigenvalue weighted by Crippen LogP contribution is 2.48. The smallest absolute Gasteiger partial charge is 0.469 e.